The summed E-state index contributed by atoms with van der Waals surface area (Å²) < 4.78 is 5.65. The highest BCUT2D eigenvalue weighted by Gasteiger charge is 2.38. The fourth-order valence-corrected chi connectivity index (χ4v) is 4.82. The number of hydrogen-bond donors (Lipinski definition) is 0. The Morgan fingerprint density at radius 2 is 2.17 bits per heavy atom. The van der Waals surface area contributed by atoms with Crippen LogP contribution in [0.2, 0.25) is 0 Å². The SMILES string of the molecule is CC(=O)N1CCC[C@@H]1[C@H]1CCCN1Cc1coc(-c2cccs2)n1. The predicted octanol–water partition coefficient (Wildman–Crippen LogP) is 3.38. The minimum absolute atomic E-state index is 0.214. The van der Waals surface area contributed by atoms with Crippen molar-refractivity contribution in [1.29, 1.82) is 0 Å². The van der Waals surface area contributed by atoms with Crippen LogP contribution in [-0.4, -0.2) is 45.9 Å². The Hall–Kier alpha value is -1.66. The summed E-state index contributed by atoms with van der Waals surface area (Å²) in [4.78, 5) is 22.2. The van der Waals surface area contributed by atoms with Gasteiger partial charge in [-0.25, -0.2) is 4.98 Å². The van der Waals surface area contributed by atoms with E-state index in [-0.39, 0.29) is 5.91 Å². The van der Waals surface area contributed by atoms with Crippen LogP contribution in [0.4, 0.5) is 0 Å². The fraction of sp³-hybridized carbons (Fsp3) is 0.556. The number of likely N-dealkylation sites (tertiary alicyclic amines) is 2. The maximum absolute atomic E-state index is 11.9. The van der Waals surface area contributed by atoms with Crippen molar-refractivity contribution in [2.45, 2.75) is 51.2 Å². The molecule has 0 spiro atoms. The van der Waals surface area contributed by atoms with Gasteiger partial charge in [0.15, 0.2) is 0 Å². The van der Waals surface area contributed by atoms with Gasteiger partial charge in [0.25, 0.3) is 0 Å². The zero-order valence-corrected chi connectivity index (χ0v) is 14.8. The third-order valence-corrected chi connectivity index (χ3v) is 6.07. The topological polar surface area (TPSA) is 49.6 Å². The molecule has 2 aliphatic rings. The number of thiophene rings is 1. The molecule has 0 aliphatic carbocycles. The Balaban J connectivity index is 1.47. The van der Waals surface area contributed by atoms with Crippen molar-refractivity contribution in [2.24, 2.45) is 0 Å². The summed E-state index contributed by atoms with van der Waals surface area (Å²) in [5, 5.41) is 2.03. The number of aromatic nitrogens is 1. The fourth-order valence-electron chi connectivity index (χ4n) is 4.17. The number of oxazole rings is 1. The van der Waals surface area contributed by atoms with E-state index in [4.69, 9.17) is 4.42 Å². The molecule has 4 heterocycles. The van der Waals surface area contributed by atoms with Crippen molar-refractivity contribution in [1.82, 2.24) is 14.8 Å². The highest BCUT2D eigenvalue weighted by molar-refractivity contribution is 7.13. The van der Waals surface area contributed by atoms with Gasteiger partial charge in [-0.15, -0.1) is 11.3 Å². The van der Waals surface area contributed by atoms with E-state index in [1.165, 1.54) is 12.8 Å². The molecule has 2 atom stereocenters. The van der Waals surface area contributed by atoms with E-state index in [0.29, 0.717) is 18.0 Å². The number of carbonyl (C=O) groups excluding carboxylic acids is 1. The number of carbonyl (C=O) groups is 1. The standard InChI is InChI=1S/C18H23N3O2S/c1-13(22)21-9-3-6-16(21)15-5-2-8-20(15)11-14-12-23-18(19-14)17-7-4-10-24-17/h4,7,10,12,15-16H,2-3,5-6,8-9,11H2,1H3/t15-,16-/m1/s1. The van der Waals surface area contributed by atoms with Crippen LogP contribution >= 0.6 is 11.3 Å². The van der Waals surface area contributed by atoms with Crippen molar-refractivity contribution >= 4 is 17.2 Å². The van der Waals surface area contributed by atoms with E-state index >= 15 is 0 Å². The lowest BCUT2D eigenvalue weighted by Gasteiger charge is -2.34. The average molecular weight is 345 g/mol. The van der Waals surface area contributed by atoms with Gasteiger partial charge in [-0.2, -0.15) is 0 Å². The second-order valence-electron chi connectivity index (χ2n) is 6.72. The van der Waals surface area contributed by atoms with E-state index in [0.717, 1.165) is 43.0 Å². The summed E-state index contributed by atoms with van der Waals surface area (Å²) in [6.45, 7) is 4.50. The molecule has 2 aromatic heterocycles. The lowest BCUT2D eigenvalue weighted by Crippen LogP contribution is -2.47. The molecule has 0 saturated carbocycles. The highest BCUT2D eigenvalue weighted by Crippen LogP contribution is 2.31. The summed E-state index contributed by atoms with van der Waals surface area (Å²) in [5.41, 5.74) is 0.984. The van der Waals surface area contributed by atoms with Gasteiger partial charge in [0, 0.05) is 32.1 Å². The summed E-state index contributed by atoms with van der Waals surface area (Å²) in [6.07, 6.45) is 6.40. The molecule has 1 amide bonds. The first-order valence-corrected chi connectivity index (χ1v) is 9.60. The van der Waals surface area contributed by atoms with E-state index in [1.54, 1.807) is 24.5 Å². The monoisotopic (exact) mass is 345 g/mol. The largest absolute Gasteiger partial charge is 0.444 e. The Bertz CT molecular complexity index is 697. The average Bonchev–Trinajstić information content (AvgIpc) is 3.35. The Labute approximate surface area is 146 Å². The molecule has 4 rings (SSSR count). The van der Waals surface area contributed by atoms with Crippen LogP contribution in [0.3, 0.4) is 0 Å². The molecule has 24 heavy (non-hydrogen) atoms. The third-order valence-electron chi connectivity index (χ3n) is 5.21. The molecule has 0 N–H and O–H groups in total. The zero-order chi connectivity index (χ0) is 16.5. The first-order valence-electron chi connectivity index (χ1n) is 8.72. The number of amides is 1. The molecule has 0 radical (unpaired) electrons. The zero-order valence-electron chi connectivity index (χ0n) is 14.0. The van der Waals surface area contributed by atoms with Crippen molar-refractivity contribution in [3.05, 3.63) is 29.5 Å². The molecular formula is C18H23N3O2S. The Morgan fingerprint density at radius 3 is 2.96 bits per heavy atom. The molecule has 2 aliphatic heterocycles. The summed E-state index contributed by atoms with van der Waals surface area (Å²) in [7, 11) is 0. The molecule has 0 aromatic carbocycles. The number of rotatable bonds is 4. The van der Waals surface area contributed by atoms with Crippen LogP contribution in [-0.2, 0) is 11.3 Å². The second kappa shape index (κ2) is 6.69. The maximum atomic E-state index is 11.9. The van der Waals surface area contributed by atoms with Gasteiger partial charge in [-0.05, 0) is 43.7 Å². The molecule has 2 fully saturated rings. The van der Waals surface area contributed by atoms with Gasteiger partial charge in [0.05, 0.1) is 10.6 Å². The van der Waals surface area contributed by atoms with Gasteiger partial charge in [0.1, 0.15) is 6.26 Å². The van der Waals surface area contributed by atoms with Crippen molar-refractivity contribution in [2.75, 3.05) is 13.1 Å². The van der Waals surface area contributed by atoms with E-state index < -0.39 is 0 Å². The van der Waals surface area contributed by atoms with Crippen molar-refractivity contribution in [3.63, 3.8) is 0 Å². The first kappa shape index (κ1) is 15.8. The van der Waals surface area contributed by atoms with Crippen molar-refractivity contribution in [3.8, 4) is 10.8 Å². The van der Waals surface area contributed by atoms with Crippen LogP contribution in [0.15, 0.2) is 28.2 Å². The first-order chi connectivity index (χ1) is 11.7. The number of hydrogen-bond acceptors (Lipinski definition) is 5. The Morgan fingerprint density at radius 1 is 1.33 bits per heavy atom. The van der Waals surface area contributed by atoms with Gasteiger partial charge < -0.3 is 9.32 Å². The number of nitrogens with zero attached hydrogens (tertiary/aromatic N) is 3. The van der Waals surface area contributed by atoms with Gasteiger partial charge in [0.2, 0.25) is 11.8 Å². The molecule has 5 nitrogen and oxygen atoms in total. The smallest absolute Gasteiger partial charge is 0.236 e. The van der Waals surface area contributed by atoms with Gasteiger partial charge >= 0.3 is 0 Å². The molecule has 128 valence electrons. The summed E-state index contributed by atoms with van der Waals surface area (Å²) in [5.74, 6) is 0.924. The molecule has 2 saturated heterocycles. The van der Waals surface area contributed by atoms with Crippen LogP contribution in [0.1, 0.15) is 38.3 Å². The molecule has 0 bridgehead atoms. The third kappa shape index (κ3) is 3.00. The lowest BCUT2D eigenvalue weighted by molar-refractivity contribution is -0.130. The van der Waals surface area contributed by atoms with E-state index in [9.17, 15) is 4.79 Å². The normalized spacial score (nSPS) is 24.8. The summed E-state index contributed by atoms with van der Waals surface area (Å²) in [6, 6.07) is 4.87. The quantitative estimate of drug-likeness (QED) is 0.852. The van der Waals surface area contributed by atoms with Gasteiger partial charge in [-0.3, -0.25) is 9.69 Å². The minimum atomic E-state index is 0.214. The summed E-state index contributed by atoms with van der Waals surface area (Å²) >= 11 is 1.64. The maximum Gasteiger partial charge on any atom is 0.236 e. The van der Waals surface area contributed by atoms with Crippen LogP contribution in [0.25, 0.3) is 10.8 Å². The molecule has 2 aromatic rings. The second-order valence-corrected chi connectivity index (χ2v) is 7.67. The van der Waals surface area contributed by atoms with E-state index in [1.807, 2.05) is 17.5 Å². The minimum Gasteiger partial charge on any atom is -0.444 e. The van der Waals surface area contributed by atoms with Crippen LogP contribution in [0, 0.1) is 0 Å². The molecule has 6 heteroatoms. The Kier molecular flexibility index (Phi) is 4.41. The molecular weight excluding hydrogens is 322 g/mol. The van der Waals surface area contributed by atoms with Crippen LogP contribution < -0.4 is 0 Å². The molecule has 0 unspecified atom stereocenters. The highest BCUT2D eigenvalue weighted by atomic mass is 32.1. The van der Waals surface area contributed by atoms with Gasteiger partial charge in [-0.1, -0.05) is 6.07 Å². The van der Waals surface area contributed by atoms with E-state index in [2.05, 4.69) is 14.8 Å². The lowest BCUT2D eigenvalue weighted by atomic mass is 10.0. The van der Waals surface area contributed by atoms with Crippen LogP contribution in [0.5, 0.6) is 0 Å². The predicted molar refractivity (Wildman–Crippen MR) is 93.7 cm³/mol. The van der Waals surface area contributed by atoms with Crippen molar-refractivity contribution < 1.29 is 9.21 Å².